The molecule has 1 unspecified atom stereocenters. The fourth-order valence-electron chi connectivity index (χ4n) is 4.94. The summed E-state index contributed by atoms with van der Waals surface area (Å²) in [6, 6.07) is 14.5. The Morgan fingerprint density at radius 2 is 1.83 bits per heavy atom. The van der Waals surface area contributed by atoms with Gasteiger partial charge in [0, 0.05) is 74.6 Å². The molecule has 1 atom stereocenters. The Labute approximate surface area is 212 Å². The lowest BCUT2D eigenvalue weighted by Crippen LogP contribution is -2.50. The highest BCUT2D eigenvalue weighted by Gasteiger charge is 2.27. The number of aromatic nitrogens is 2. The Hall–Kier alpha value is -3.39. The summed E-state index contributed by atoms with van der Waals surface area (Å²) >= 11 is 0. The van der Waals surface area contributed by atoms with Crippen LogP contribution in [0.1, 0.15) is 27.2 Å². The zero-order valence-electron chi connectivity index (χ0n) is 21.4. The molecule has 0 bridgehead atoms. The minimum Gasteiger partial charge on any atom is -0.444 e. The van der Waals surface area contributed by atoms with E-state index in [4.69, 9.17) is 14.7 Å². The fraction of sp³-hybridized carbons (Fsp3) is 0.464. The molecule has 8 nitrogen and oxygen atoms in total. The third kappa shape index (κ3) is 5.23. The summed E-state index contributed by atoms with van der Waals surface area (Å²) in [6.07, 6.45) is 2.63. The molecule has 2 aromatic heterocycles. The van der Waals surface area contributed by atoms with Crippen LogP contribution in [0.15, 0.2) is 48.7 Å². The maximum Gasteiger partial charge on any atom is 0.410 e. The van der Waals surface area contributed by atoms with E-state index in [9.17, 15) is 9.90 Å². The van der Waals surface area contributed by atoms with Gasteiger partial charge in [-0.2, -0.15) is 0 Å². The second-order valence-electron chi connectivity index (χ2n) is 10.7. The molecule has 190 valence electrons. The first-order valence-corrected chi connectivity index (χ1v) is 12.8. The van der Waals surface area contributed by atoms with Crippen molar-refractivity contribution in [2.45, 2.75) is 32.8 Å². The van der Waals surface area contributed by atoms with Crippen molar-refractivity contribution in [3.05, 3.63) is 48.7 Å². The highest BCUT2D eigenvalue weighted by molar-refractivity contribution is 5.94. The third-order valence-corrected chi connectivity index (χ3v) is 6.88. The Morgan fingerprint density at radius 3 is 2.50 bits per heavy atom. The largest absolute Gasteiger partial charge is 0.444 e. The van der Waals surface area contributed by atoms with Crippen LogP contribution < -0.4 is 9.80 Å². The molecule has 2 saturated heterocycles. The monoisotopic (exact) mass is 489 g/mol. The zero-order valence-corrected chi connectivity index (χ0v) is 21.4. The fourth-order valence-corrected chi connectivity index (χ4v) is 4.94. The summed E-state index contributed by atoms with van der Waals surface area (Å²) in [5.41, 5.74) is 3.49. The molecular weight excluding hydrogens is 454 g/mol. The van der Waals surface area contributed by atoms with Crippen LogP contribution in [0.25, 0.3) is 22.2 Å². The van der Waals surface area contributed by atoms with Gasteiger partial charge in [-0.15, -0.1) is 0 Å². The van der Waals surface area contributed by atoms with Crippen LogP contribution >= 0.6 is 0 Å². The van der Waals surface area contributed by atoms with Gasteiger partial charge < -0.3 is 24.5 Å². The molecule has 1 aromatic carbocycles. The Balaban J connectivity index is 1.32. The standard InChI is InChI=1S/C28H35N5O3/c1-28(2,3)36-27(35)32-14-12-31(13-15-32)26-9-8-21(17-29-26)24-16-25(33-11-10-20(18-33)19-34)22-6-4-5-7-23(22)30-24/h4-9,16-17,20,34H,10-15,18-19H2,1-3H3. The molecule has 2 aliphatic heterocycles. The maximum atomic E-state index is 12.4. The number of hydrogen-bond donors (Lipinski definition) is 1. The smallest absolute Gasteiger partial charge is 0.410 e. The summed E-state index contributed by atoms with van der Waals surface area (Å²) in [7, 11) is 0. The number of fused-ring (bicyclic) bond motifs is 1. The van der Waals surface area contributed by atoms with E-state index in [-0.39, 0.29) is 12.7 Å². The summed E-state index contributed by atoms with van der Waals surface area (Å²) in [6.45, 7) is 10.3. The molecule has 1 N–H and O–H groups in total. The van der Waals surface area contributed by atoms with E-state index in [1.165, 1.54) is 0 Å². The summed E-state index contributed by atoms with van der Waals surface area (Å²) in [5.74, 6) is 1.21. The lowest BCUT2D eigenvalue weighted by Gasteiger charge is -2.36. The number of rotatable bonds is 4. The molecule has 0 spiro atoms. The van der Waals surface area contributed by atoms with Crippen LogP contribution in [-0.4, -0.2) is 77.5 Å². The van der Waals surface area contributed by atoms with Gasteiger partial charge in [0.1, 0.15) is 11.4 Å². The predicted molar refractivity (Wildman–Crippen MR) is 142 cm³/mol. The number of pyridine rings is 2. The highest BCUT2D eigenvalue weighted by Crippen LogP contribution is 2.34. The molecule has 4 heterocycles. The van der Waals surface area contributed by atoms with Crippen molar-refractivity contribution in [2.75, 3.05) is 55.7 Å². The van der Waals surface area contributed by atoms with Crippen molar-refractivity contribution >= 4 is 28.5 Å². The van der Waals surface area contributed by atoms with Crippen molar-refractivity contribution in [2.24, 2.45) is 5.92 Å². The van der Waals surface area contributed by atoms with Crippen LogP contribution in [0.3, 0.4) is 0 Å². The topological polar surface area (TPSA) is 82.0 Å². The van der Waals surface area contributed by atoms with Gasteiger partial charge in [-0.25, -0.2) is 14.8 Å². The minimum absolute atomic E-state index is 0.226. The first kappa shape index (κ1) is 24.3. The van der Waals surface area contributed by atoms with Gasteiger partial charge in [0.2, 0.25) is 0 Å². The van der Waals surface area contributed by atoms with Crippen LogP contribution in [0.5, 0.6) is 0 Å². The van der Waals surface area contributed by atoms with Crippen molar-refractivity contribution in [1.82, 2.24) is 14.9 Å². The van der Waals surface area contributed by atoms with Gasteiger partial charge in [-0.1, -0.05) is 18.2 Å². The van der Waals surface area contributed by atoms with E-state index in [1.54, 1.807) is 4.90 Å². The number of carbonyl (C=O) groups is 1. The molecule has 2 aliphatic rings. The van der Waals surface area contributed by atoms with Crippen LogP contribution in [0, 0.1) is 5.92 Å². The average molecular weight is 490 g/mol. The minimum atomic E-state index is -0.489. The highest BCUT2D eigenvalue weighted by atomic mass is 16.6. The molecule has 1 amide bonds. The molecule has 36 heavy (non-hydrogen) atoms. The van der Waals surface area contributed by atoms with Crippen LogP contribution in [-0.2, 0) is 4.74 Å². The number of carbonyl (C=O) groups excluding carboxylic acids is 1. The second-order valence-corrected chi connectivity index (χ2v) is 10.7. The summed E-state index contributed by atoms with van der Waals surface area (Å²) < 4.78 is 5.50. The molecule has 2 fully saturated rings. The van der Waals surface area contributed by atoms with E-state index in [1.807, 2.05) is 51.2 Å². The van der Waals surface area contributed by atoms with Gasteiger partial charge in [-0.05, 0) is 51.5 Å². The molecule has 5 rings (SSSR count). The molecule has 0 radical (unpaired) electrons. The average Bonchev–Trinajstić information content (AvgIpc) is 3.36. The first-order valence-electron chi connectivity index (χ1n) is 12.8. The van der Waals surface area contributed by atoms with Crippen molar-refractivity contribution < 1.29 is 14.6 Å². The zero-order chi connectivity index (χ0) is 25.3. The van der Waals surface area contributed by atoms with Gasteiger partial charge in [0.25, 0.3) is 0 Å². The number of hydrogen-bond acceptors (Lipinski definition) is 7. The van der Waals surface area contributed by atoms with Crippen molar-refractivity contribution in [3.8, 4) is 11.3 Å². The maximum absolute atomic E-state index is 12.4. The second kappa shape index (κ2) is 9.93. The van der Waals surface area contributed by atoms with E-state index in [2.05, 4.69) is 28.0 Å². The van der Waals surface area contributed by atoms with Crippen LogP contribution in [0.2, 0.25) is 0 Å². The number of benzene rings is 1. The van der Waals surface area contributed by atoms with Gasteiger partial charge in [0.05, 0.1) is 11.2 Å². The third-order valence-electron chi connectivity index (χ3n) is 6.88. The number of aliphatic hydroxyl groups is 1. The quantitative estimate of drug-likeness (QED) is 0.589. The molecule has 0 saturated carbocycles. The molecule has 8 heteroatoms. The lowest BCUT2D eigenvalue weighted by molar-refractivity contribution is 0.0240. The van der Waals surface area contributed by atoms with Gasteiger partial charge in [0.15, 0.2) is 0 Å². The molecule has 0 aliphatic carbocycles. The van der Waals surface area contributed by atoms with E-state index in [0.29, 0.717) is 32.1 Å². The predicted octanol–water partition coefficient (Wildman–Crippen LogP) is 4.17. The summed E-state index contributed by atoms with van der Waals surface area (Å²) in [4.78, 5) is 28.4. The van der Waals surface area contributed by atoms with E-state index in [0.717, 1.165) is 53.2 Å². The number of anilines is 2. The SMILES string of the molecule is CC(C)(C)OC(=O)N1CCN(c2ccc(-c3cc(N4CCC(CO)C4)c4ccccc4n3)cn2)CC1. The number of amides is 1. The summed E-state index contributed by atoms with van der Waals surface area (Å²) in [5, 5.41) is 10.8. The van der Waals surface area contributed by atoms with Gasteiger partial charge in [-0.3, -0.25) is 0 Å². The lowest BCUT2D eigenvalue weighted by atomic mass is 10.1. The van der Waals surface area contributed by atoms with Crippen molar-refractivity contribution in [3.63, 3.8) is 0 Å². The molecular formula is C28H35N5O3. The number of para-hydroxylation sites is 1. The van der Waals surface area contributed by atoms with Crippen molar-refractivity contribution in [1.29, 1.82) is 0 Å². The number of aliphatic hydroxyl groups excluding tert-OH is 1. The Morgan fingerprint density at radius 1 is 1.06 bits per heavy atom. The van der Waals surface area contributed by atoms with Gasteiger partial charge >= 0.3 is 6.09 Å². The van der Waals surface area contributed by atoms with E-state index >= 15 is 0 Å². The number of ether oxygens (including phenoxy) is 1. The number of nitrogens with zero attached hydrogens (tertiary/aromatic N) is 5. The van der Waals surface area contributed by atoms with E-state index < -0.39 is 5.60 Å². The normalized spacial score (nSPS) is 18.7. The molecule has 3 aromatic rings. The Kier molecular flexibility index (Phi) is 6.71. The first-order chi connectivity index (χ1) is 17.3. The van der Waals surface area contributed by atoms with Crippen LogP contribution in [0.4, 0.5) is 16.3 Å². The Bertz CT molecular complexity index is 1220. The number of piperazine rings is 1.